The molecule has 0 aromatic carbocycles. The average molecular weight is 241 g/mol. The van der Waals surface area contributed by atoms with E-state index in [1.807, 2.05) is 0 Å². The molecule has 0 aliphatic heterocycles. The maximum atomic E-state index is 11.6. The van der Waals surface area contributed by atoms with Crippen molar-refractivity contribution >= 4 is 17.7 Å². The Kier molecular flexibility index (Phi) is 5.26. The number of nitrogens with one attached hydrogen (secondary N) is 3. The highest BCUT2D eigenvalue weighted by Gasteiger charge is 2.38. The lowest BCUT2D eigenvalue weighted by Gasteiger charge is -2.09. The number of carbonyl (C=O) groups excluding carboxylic acids is 3. The number of alkyl halides is 3. The Hall–Kier alpha value is -1.80. The van der Waals surface area contributed by atoms with Crippen LogP contribution in [0.25, 0.3) is 0 Å². The van der Waals surface area contributed by atoms with Crippen molar-refractivity contribution in [2.75, 3.05) is 6.54 Å². The van der Waals surface area contributed by atoms with Crippen LogP contribution in [0.2, 0.25) is 0 Å². The Bertz CT molecular complexity index is 290. The first-order chi connectivity index (χ1) is 7.23. The molecule has 9 heteroatoms. The van der Waals surface area contributed by atoms with E-state index in [2.05, 4.69) is 5.32 Å². The van der Waals surface area contributed by atoms with Gasteiger partial charge in [0.1, 0.15) is 0 Å². The van der Waals surface area contributed by atoms with E-state index in [-0.39, 0.29) is 18.9 Å². The zero-order valence-electron chi connectivity index (χ0n) is 8.27. The normalized spacial score (nSPS) is 10.5. The van der Waals surface area contributed by atoms with Crippen molar-refractivity contribution in [1.82, 2.24) is 16.2 Å². The summed E-state index contributed by atoms with van der Waals surface area (Å²) in [6.07, 6.45) is -5.29. The molecule has 0 rings (SSSR count). The number of hydrazine groups is 1. The van der Waals surface area contributed by atoms with Crippen molar-refractivity contribution in [1.29, 1.82) is 0 Å². The highest BCUT2D eigenvalue weighted by molar-refractivity contribution is 5.85. The van der Waals surface area contributed by atoms with Gasteiger partial charge in [0.05, 0.1) is 0 Å². The van der Waals surface area contributed by atoms with Gasteiger partial charge >= 0.3 is 12.1 Å². The lowest BCUT2D eigenvalue weighted by Crippen LogP contribution is -2.48. The van der Waals surface area contributed by atoms with Gasteiger partial charge in [0.2, 0.25) is 11.8 Å². The number of amides is 3. The molecule has 6 nitrogen and oxygen atoms in total. The monoisotopic (exact) mass is 241 g/mol. The van der Waals surface area contributed by atoms with Gasteiger partial charge in [-0.05, 0) is 0 Å². The molecule has 3 amide bonds. The van der Waals surface area contributed by atoms with Crippen molar-refractivity contribution in [3.05, 3.63) is 0 Å². The van der Waals surface area contributed by atoms with E-state index in [0.29, 0.717) is 0 Å². The van der Waals surface area contributed by atoms with Gasteiger partial charge in [-0.1, -0.05) is 0 Å². The van der Waals surface area contributed by atoms with Crippen molar-refractivity contribution in [3.63, 3.8) is 0 Å². The molecule has 0 radical (unpaired) electrons. The van der Waals surface area contributed by atoms with E-state index >= 15 is 0 Å². The molecule has 0 aromatic heterocycles. The van der Waals surface area contributed by atoms with Crippen LogP contribution in [0.3, 0.4) is 0 Å². The molecule has 0 aromatic rings. The predicted molar refractivity (Wildman–Crippen MR) is 45.6 cm³/mol. The highest BCUT2D eigenvalue weighted by atomic mass is 19.4. The Balaban J connectivity index is 3.74. The SMILES string of the molecule is CC(=O)NCCC(=O)NNC(=O)C(F)(F)F. The van der Waals surface area contributed by atoms with Gasteiger partial charge in [-0.25, -0.2) is 0 Å². The third kappa shape index (κ3) is 6.62. The van der Waals surface area contributed by atoms with Crippen LogP contribution in [0.1, 0.15) is 13.3 Å². The summed E-state index contributed by atoms with van der Waals surface area (Å²) in [5.41, 5.74) is 2.74. The lowest BCUT2D eigenvalue weighted by atomic mass is 10.4. The third-order valence-electron chi connectivity index (χ3n) is 1.30. The minimum atomic E-state index is -5.05. The fraction of sp³-hybridized carbons (Fsp3) is 0.571. The van der Waals surface area contributed by atoms with E-state index in [4.69, 9.17) is 0 Å². The largest absolute Gasteiger partial charge is 0.472 e. The second-order valence-electron chi connectivity index (χ2n) is 2.73. The first-order valence-corrected chi connectivity index (χ1v) is 4.14. The molecular weight excluding hydrogens is 231 g/mol. The van der Waals surface area contributed by atoms with Crippen molar-refractivity contribution in [3.8, 4) is 0 Å². The summed E-state index contributed by atoms with van der Waals surface area (Å²) in [6, 6.07) is 0. The summed E-state index contributed by atoms with van der Waals surface area (Å²) < 4.78 is 34.9. The molecule has 0 spiro atoms. The van der Waals surface area contributed by atoms with Crippen LogP contribution in [0, 0.1) is 0 Å². The Morgan fingerprint density at radius 2 is 1.69 bits per heavy atom. The molecule has 0 heterocycles. The summed E-state index contributed by atoms with van der Waals surface area (Å²) >= 11 is 0. The molecule has 0 unspecified atom stereocenters. The number of hydrogen-bond donors (Lipinski definition) is 3. The van der Waals surface area contributed by atoms with E-state index in [1.165, 1.54) is 12.3 Å². The zero-order chi connectivity index (χ0) is 12.8. The van der Waals surface area contributed by atoms with E-state index in [0.717, 1.165) is 0 Å². The second kappa shape index (κ2) is 5.93. The molecular formula is C7H10F3N3O3. The van der Waals surface area contributed by atoms with Crippen LogP contribution in [0.15, 0.2) is 0 Å². The summed E-state index contributed by atoms with van der Waals surface area (Å²) in [7, 11) is 0. The molecule has 0 atom stereocenters. The average Bonchev–Trinajstić information content (AvgIpc) is 2.11. The standard InChI is InChI=1S/C7H10F3N3O3/c1-4(14)11-3-2-5(15)12-13-6(16)7(8,9)10/h2-3H2,1H3,(H,11,14)(H,12,15)(H,13,16). The maximum absolute atomic E-state index is 11.6. The Morgan fingerprint density at radius 1 is 1.12 bits per heavy atom. The molecule has 0 fully saturated rings. The molecule has 0 aliphatic rings. The van der Waals surface area contributed by atoms with E-state index < -0.39 is 18.0 Å². The first kappa shape index (κ1) is 14.2. The minimum absolute atomic E-state index is 0.0247. The lowest BCUT2D eigenvalue weighted by molar-refractivity contribution is -0.175. The molecule has 92 valence electrons. The molecule has 16 heavy (non-hydrogen) atoms. The predicted octanol–water partition coefficient (Wildman–Crippen LogP) is -0.778. The van der Waals surface area contributed by atoms with Crippen LogP contribution >= 0.6 is 0 Å². The van der Waals surface area contributed by atoms with Gasteiger partial charge in [0, 0.05) is 19.9 Å². The topological polar surface area (TPSA) is 87.3 Å². The maximum Gasteiger partial charge on any atom is 0.472 e. The number of halogens is 3. The van der Waals surface area contributed by atoms with Crippen LogP contribution in [0.5, 0.6) is 0 Å². The molecule has 3 N–H and O–H groups in total. The smallest absolute Gasteiger partial charge is 0.356 e. The summed E-state index contributed by atoms with van der Waals surface area (Å²) in [6.45, 7) is 1.20. The van der Waals surface area contributed by atoms with Gasteiger partial charge in [-0.3, -0.25) is 25.2 Å². The van der Waals surface area contributed by atoms with Gasteiger partial charge in [-0.2, -0.15) is 13.2 Å². The fourth-order valence-corrected chi connectivity index (χ4v) is 0.612. The second-order valence-corrected chi connectivity index (χ2v) is 2.73. The molecule has 0 saturated heterocycles. The summed E-state index contributed by atoms with van der Waals surface area (Å²) in [4.78, 5) is 31.4. The zero-order valence-corrected chi connectivity index (χ0v) is 8.27. The molecule has 0 aliphatic carbocycles. The van der Waals surface area contributed by atoms with Gasteiger partial charge in [0.15, 0.2) is 0 Å². The van der Waals surface area contributed by atoms with Gasteiger partial charge in [0.25, 0.3) is 0 Å². The van der Waals surface area contributed by atoms with Crippen LogP contribution in [-0.4, -0.2) is 30.4 Å². The third-order valence-corrected chi connectivity index (χ3v) is 1.30. The first-order valence-electron chi connectivity index (χ1n) is 4.14. The quantitative estimate of drug-likeness (QED) is 0.566. The Morgan fingerprint density at radius 3 is 2.12 bits per heavy atom. The van der Waals surface area contributed by atoms with Crippen LogP contribution in [-0.2, 0) is 14.4 Å². The van der Waals surface area contributed by atoms with Crippen LogP contribution in [0.4, 0.5) is 13.2 Å². The summed E-state index contributed by atoms with van der Waals surface area (Å²) in [5.74, 6) is -3.47. The minimum Gasteiger partial charge on any atom is -0.356 e. The van der Waals surface area contributed by atoms with Crippen molar-refractivity contribution in [2.45, 2.75) is 19.5 Å². The van der Waals surface area contributed by atoms with Crippen molar-refractivity contribution < 1.29 is 27.6 Å². The molecule has 0 bridgehead atoms. The number of carbonyl (C=O) groups is 3. The molecule has 0 saturated carbocycles. The van der Waals surface area contributed by atoms with Gasteiger partial charge < -0.3 is 5.32 Å². The van der Waals surface area contributed by atoms with Gasteiger partial charge in [-0.15, -0.1) is 0 Å². The van der Waals surface area contributed by atoms with Crippen LogP contribution < -0.4 is 16.2 Å². The highest BCUT2D eigenvalue weighted by Crippen LogP contribution is 2.13. The number of rotatable bonds is 3. The van der Waals surface area contributed by atoms with E-state index in [1.54, 1.807) is 5.43 Å². The van der Waals surface area contributed by atoms with E-state index in [9.17, 15) is 27.6 Å². The fourth-order valence-electron chi connectivity index (χ4n) is 0.612. The number of hydrogen-bond acceptors (Lipinski definition) is 3. The Labute approximate surface area is 88.5 Å². The van der Waals surface area contributed by atoms with Crippen molar-refractivity contribution in [2.24, 2.45) is 0 Å². The summed E-state index contributed by atoms with van der Waals surface area (Å²) in [5, 5.41) is 2.26.